The van der Waals surface area contributed by atoms with Crippen LogP contribution in [0.3, 0.4) is 0 Å². The van der Waals surface area contributed by atoms with Gasteiger partial charge in [0.1, 0.15) is 5.75 Å². The van der Waals surface area contributed by atoms with Crippen molar-refractivity contribution >= 4 is 29.0 Å². The molecule has 0 unspecified atom stereocenters. The highest BCUT2D eigenvalue weighted by atomic mass is 32.1. The van der Waals surface area contributed by atoms with Gasteiger partial charge in [-0.2, -0.15) is 0 Å². The van der Waals surface area contributed by atoms with E-state index in [0.717, 1.165) is 11.3 Å². The number of hydrogen-bond donors (Lipinski definition) is 4. The Balaban J connectivity index is 3.06. The fourth-order valence-corrected chi connectivity index (χ4v) is 4.02. The number of nitrogens with one attached hydrogen (secondary N) is 3. The fraction of sp³-hybridized carbons (Fsp3) is 0.577. The molecule has 0 heterocycles. The van der Waals surface area contributed by atoms with E-state index < -0.39 is 23.8 Å². The van der Waals surface area contributed by atoms with Crippen molar-refractivity contribution in [3.8, 4) is 5.75 Å². The van der Waals surface area contributed by atoms with E-state index in [4.69, 9.17) is 26.4 Å². The van der Waals surface area contributed by atoms with Crippen LogP contribution >= 0.6 is 12.2 Å². The number of amides is 2. The molecule has 4 N–H and O–H groups in total. The minimum Gasteiger partial charge on any atom is -0.497 e. The van der Waals surface area contributed by atoms with Gasteiger partial charge in [-0.3, -0.25) is 14.8 Å². The first kappa shape index (κ1) is 31.5. The zero-order valence-corrected chi connectivity index (χ0v) is 22.6. The Bertz CT molecular complexity index is 818. The van der Waals surface area contributed by atoms with Gasteiger partial charge in [-0.15, -0.1) is 6.58 Å². The Morgan fingerprint density at radius 1 is 1.08 bits per heavy atom. The minimum atomic E-state index is -0.757. The van der Waals surface area contributed by atoms with E-state index >= 15 is 0 Å². The summed E-state index contributed by atoms with van der Waals surface area (Å²) in [5, 5.41) is 15.5. The summed E-state index contributed by atoms with van der Waals surface area (Å²) in [5.41, 5.74) is 2.65. The highest BCUT2D eigenvalue weighted by Gasteiger charge is 2.34. The molecule has 1 aromatic carbocycles. The second kappa shape index (κ2) is 17.8. The third-order valence-corrected chi connectivity index (χ3v) is 6.05. The second-order valence-electron chi connectivity index (χ2n) is 8.85. The number of carbonyl (C=O) groups is 2. The van der Waals surface area contributed by atoms with Crippen molar-refractivity contribution in [3.05, 3.63) is 42.5 Å². The lowest BCUT2D eigenvalue weighted by molar-refractivity contribution is -0.140. The summed E-state index contributed by atoms with van der Waals surface area (Å²) < 4.78 is 15.7. The Hall–Kier alpha value is -2.53. The van der Waals surface area contributed by atoms with Gasteiger partial charge in [0.25, 0.3) is 0 Å². The molecular formula is C26H41N3O6S. The number of hydroxylamine groups is 1. The van der Waals surface area contributed by atoms with Crippen LogP contribution in [-0.4, -0.2) is 68.6 Å². The molecule has 36 heavy (non-hydrogen) atoms. The van der Waals surface area contributed by atoms with E-state index in [-0.39, 0.29) is 18.2 Å². The number of rotatable bonds is 18. The Morgan fingerprint density at radius 2 is 1.78 bits per heavy atom. The predicted molar refractivity (Wildman–Crippen MR) is 143 cm³/mol. The topological polar surface area (TPSA) is 118 Å². The molecule has 0 saturated carbocycles. The summed E-state index contributed by atoms with van der Waals surface area (Å²) in [6, 6.07) is 7.01. The zero-order chi connectivity index (χ0) is 26.9. The van der Waals surface area contributed by atoms with Crippen molar-refractivity contribution in [2.45, 2.75) is 39.2 Å². The molecular weight excluding hydrogens is 482 g/mol. The van der Waals surface area contributed by atoms with Crippen LogP contribution < -0.4 is 20.9 Å². The predicted octanol–water partition coefficient (Wildman–Crippen LogP) is 2.66. The Kier molecular flexibility index (Phi) is 15.6. The van der Waals surface area contributed by atoms with Gasteiger partial charge < -0.3 is 24.8 Å². The maximum Gasteiger partial charge on any atom is 0.247 e. The number of thiocarbonyl (C=S) groups is 1. The van der Waals surface area contributed by atoms with Crippen LogP contribution in [0.2, 0.25) is 0 Å². The van der Waals surface area contributed by atoms with Gasteiger partial charge in [0.2, 0.25) is 11.8 Å². The first-order valence-corrected chi connectivity index (χ1v) is 12.5. The first-order valence-electron chi connectivity index (χ1n) is 12.1. The number of benzene rings is 1. The monoisotopic (exact) mass is 523 g/mol. The van der Waals surface area contributed by atoms with Gasteiger partial charge in [-0.1, -0.05) is 44.3 Å². The van der Waals surface area contributed by atoms with Gasteiger partial charge >= 0.3 is 0 Å². The molecule has 1 aromatic rings. The number of hydrogen-bond acceptors (Lipinski definition) is 7. The Morgan fingerprint density at radius 3 is 2.33 bits per heavy atom. The average molecular weight is 524 g/mol. The molecule has 9 nitrogen and oxygen atoms in total. The SMILES string of the molecule is C=CC[C@H](C(=O)NO)[C@@H](CC(C)C)C(=O)N[C@@H](Cc1ccc(OC)cc1)C(=S)NCCOCCOC. The lowest BCUT2D eigenvalue weighted by Gasteiger charge is -2.28. The smallest absolute Gasteiger partial charge is 0.247 e. The summed E-state index contributed by atoms with van der Waals surface area (Å²) in [4.78, 5) is 26.4. The molecule has 3 atom stereocenters. The molecule has 0 fully saturated rings. The quantitative estimate of drug-likeness (QED) is 0.0763. The van der Waals surface area contributed by atoms with Gasteiger partial charge in [-0.25, -0.2) is 5.48 Å². The maximum absolute atomic E-state index is 13.5. The van der Waals surface area contributed by atoms with E-state index in [1.54, 1.807) is 25.8 Å². The van der Waals surface area contributed by atoms with Crippen LogP contribution in [0.25, 0.3) is 0 Å². The zero-order valence-electron chi connectivity index (χ0n) is 21.7. The first-order chi connectivity index (χ1) is 17.3. The average Bonchev–Trinajstić information content (AvgIpc) is 2.87. The summed E-state index contributed by atoms with van der Waals surface area (Å²) in [6.07, 6.45) is 2.73. The van der Waals surface area contributed by atoms with Crippen LogP contribution in [0.4, 0.5) is 0 Å². The van der Waals surface area contributed by atoms with Crippen LogP contribution in [0.15, 0.2) is 36.9 Å². The highest BCUT2D eigenvalue weighted by molar-refractivity contribution is 7.80. The normalized spacial score (nSPS) is 13.4. The molecule has 0 aliphatic heterocycles. The summed E-state index contributed by atoms with van der Waals surface area (Å²) in [6.45, 7) is 9.55. The lowest BCUT2D eigenvalue weighted by Crippen LogP contribution is -2.51. The van der Waals surface area contributed by atoms with Crippen molar-refractivity contribution in [2.75, 3.05) is 40.6 Å². The fourth-order valence-electron chi connectivity index (χ4n) is 3.78. The van der Waals surface area contributed by atoms with Crippen molar-refractivity contribution in [1.29, 1.82) is 0 Å². The van der Waals surface area contributed by atoms with Crippen LogP contribution in [0.5, 0.6) is 5.75 Å². The molecule has 0 radical (unpaired) electrons. The summed E-state index contributed by atoms with van der Waals surface area (Å²) in [5.74, 6) is -1.48. The third-order valence-electron chi connectivity index (χ3n) is 5.62. The van der Waals surface area contributed by atoms with Crippen molar-refractivity contribution < 1.29 is 29.0 Å². The van der Waals surface area contributed by atoms with Crippen LogP contribution in [-0.2, 0) is 25.5 Å². The molecule has 10 heteroatoms. The van der Waals surface area contributed by atoms with Gasteiger partial charge in [0, 0.05) is 13.7 Å². The van der Waals surface area contributed by atoms with Crippen molar-refractivity contribution in [2.24, 2.45) is 17.8 Å². The Labute approximate surface area is 219 Å². The van der Waals surface area contributed by atoms with Crippen molar-refractivity contribution in [3.63, 3.8) is 0 Å². The molecule has 0 aromatic heterocycles. The minimum absolute atomic E-state index is 0.147. The van der Waals surface area contributed by atoms with E-state index in [1.807, 2.05) is 38.1 Å². The summed E-state index contributed by atoms with van der Waals surface area (Å²) >= 11 is 5.64. The molecule has 0 aliphatic carbocycles. The van der Waals surface area contributed by atoms with Crippen LogP contribution in [0, 0.1) is 17.8 Å². The number of allylic oxidation sites excluding steroid dienone is 1. The molecule has 202 valence electrons. The second-order valence-corrected chi connectivity index (χ2v) is 9.29. The largest absolute Gasteiger partial charge is 0.497 e. The lowest BCUT2D eigenvalue weighted by atomic mass is 9.82. The molecule has 0 saturated heterocycles. The van der Waals surface area contributed by atoms with E-state index in [9.17, 15) is 14.8 Å². The van der Waals surface area contributed by atoms with Crippen LogP contribution in [0.1, 0.15) is 32.3 Å². The van der Waals surface area contributed by atoms with Crippen molar-refractivity contribution in [1.82, 2.24) is 16.1 Å². The van der Waals surface area contributed by atoms with Gasteiger partial charge in [0.15, 0.2) is 0 Å². The third kappa shape index (κ3) is 11.5. The summed E-state index contributed by atoms with van der Waals surface area (Å²) in [7, 11) is 3.21. The maximum atomic E-state index is 13.5. The molecule has 2 amide bonds. The van der Waals surface area contributed by atoms with E-state index in [0.29, 0.717) is 44.2 Å². The standard InChI is InChI=1S/C26H41N3O6S/c1-6-7-21(25(31)29-32)22(16-18(2)3)24(30)28-23(17-19-8-10-20(34-5)11-9-19)26(36)27-12-13-35-15-14-33-4/h6,8-11,18,21-23,32H,1,7,12-17H2,2-5H3,(H,27,36)(H,28,30)(H,29,31)/t21-,22+,23-/m0/s1. The molecule has 0 bridgehead atoms. The highest BCUT2D eigenvalue weighted by Crippen LogP contribution is 2.25. The van der Waals surface area contributed by atoms with Gasteiger partial charge in [-0.05, 0) is 42.9 Å². The molecule has 0 spiro atoms. The molecule has 0 aliphatic rings. The number of methoxy groups -OCH3 is 2. The number of ether oxygens (including phenoxy) is 3. The van der Waals surface area contributed by atoms with E-state index in [1.165, 1.54) is 0 Å². The van der Waals surface area contributed by atoms with E-state index in [2.05, 4.69) is 17.2 Å². The number of carbonyl (C=O) groups excluding carboxylic acids is 2. The molecule has 1 rings (SSSR count). The van der Waals surface area contributed by atoms with Gasteiger partial charge in [0.05, 0.1) is 49.8 Å².